The van der Waals surface area contributed by atoms with Crippen LogP contribution in [0.1, 0.15) is 33.1 Å². The molecule has 1 unspecified atom stereocenters. The van der Waals surface area contributed by atoms with Crippen molar-refractivity contribution < 1.29 is 0 Å². The minimum Gasteiger partial charge on any atom is -0.326 e. The molecule has 0 saturated carbocycles. The highest BCUT2D eigenvalue weighted by molar-refractivity contribution is 9.10. The highest BCUT2D eigenvalue weighted by atomic mass is 79.9. The molecule has 0 bridgehead atoms. The number of aromatic nitrogens is 2. The fourth-order valence-corrected chi connectivity index (χ4v) is 2.53. The van der Waals surface area contributed by atoms with Crippen LogP contribution in [-0.2, 0) is 0 Å². The Morgan fingerprint density at radius 1 is 1.44 bits per heavy atom. The Balaban J connectivity index is 2.09. The van der Waals surface area contributed by atoms with Crippen molar-refractivity contribution in [2.75, 3.05) is 12.0 Å². The van der Waals surface area contributed by atoms with Crippen molar-refractivity contribution in [1.82, 2.24) is 9.66 Å². The Morgan fingerprint density at radius 2 is 2.28 bits per heavy atom. The molecular weight excluding hydrogens is 290 g/mol. The van der Waals surface area contributed by atoms with Gasteiger partial charge in [0.05, 0.1) is 11.0 Å². The average molecular weight is 310 g/mol. The molecule has 2 heterocycles. The van der Waals surface area contributed by atoms with Crippen LogP contribution in [0, 0.1) is 5.92 Å². The molecule has 4 heteroatoms. The summed E-state index contributed by atoms with van der Waals surface area (Å²) in [6.07, 6.45) is 7.63. The summed E-state index contributed by atoms with van der Waals surface area (Å²) in [6.45, 7) is 5.52. The lowest BCUT2D eigenvalue weighted by atomic mass is 10.0. The van der Waals surface area contributed by atoms with E-state index in [-0.39, 0.29) is 0 Å². The molecular formula is C14H20BrN3. The average Bonchev–Trinajstić information content (AvgIpc) is 2.77. The van der Waals surface area contributed by atoms with Crippen LogP contribution in [0.15, 0.2) is 29.0 Å². The van der Waals surface area contributed by atoms with E-state index in [4.69, 9.17) is 0 Å². The van der Waals surface area contributed by atoms with E-state index < -0.39 is 0 Å². The molecule has 0 radical (unpaired) electrons. The molecule has 0 saturated heterocycles. The summed E-state index contributed by atoms with van der Waals surface area (Å²) >= 11 is 3.47. The first kappa shape index (κ1) is 13.4. The maximum Gasteiger partial charge on any atom is 0.0901 e. The number of fused-ring (bicyclic) bond motifs is 1. The van der Waals surface area contributed by atoms with Crippen LogP contribution in [0.5, 0.6) is 0 Å². The third-order valence-corrected chi connectivity index (χ3v) is 3.76. The first-order valence-electron chi connectivity index (χ1n) is 6.61. The lowest BCUT2D eigenvalue weighted by Gasteiger charge is -2.16. The molecule has 18 heavy (non-hydrogen) atoms. The van der Waals surface area contributed by atoms with E-state index >= 15 is 0 Å². The van der Waals surface area contributed by atoms with Crippen LogP contribution in [0.25, 0.3) is 11.0 Å². The highest BCUT2D eigenvalue weighted by Gasteiger charge is 2.06. The molecule has 2 aromatic rings. The number of pyridine rings is 1. The summed E-state index contributed by atoms with van der Waals surface area (Å²) in [5.41, 5.74) is 5.63. The molecule has 1 N–H and O–H groups in total. The number of hydrogen-bond donors (Lipinski definition) is 1. The predicted octanol–water partition coefficient (Wildman–Crippen LogP) is 4.17. The maximum atomic E-state index is 4.38. The SMILES string of the molecule is CCCC(CC)CNn1ccc2ncc(Br)cc21. The molecule has 2 aromatic heterocycles. The second kappa shape index (κ2) is 6.23. The van der Waals surface area contributed by atoms with Crippen LogP contribution in [-0.4, -0.2) is 16.2 Å². The van der Waals surface area contributed by atoms with Crippen LogP contribution < -0.4 is 5.43 Å². The molecule has 0 aliphatic heterocycles. The van der Waals surface area contributed by atoms with Gasteiger partial charge in [-0.05, 0) is 40.4 Å². The summed E-state index contributed by atoms with van der Waals surface area (Å²) in [5.74, 6) is 0.743. The number of halogens is 1. The predicted molar refractivity (Wildman–Crippen MR) is 80.3 cm³/mol. The van der Waals surface area contributed by atoms with Gasteiger partial charge in [0.15, 0.2) is 0 Å². The van der Waals surface area contributed by atoms with Crippen molar-refractivity contribution in [2.45, 2.75) is 33.1 Å². The van der Waals surface area contributed by atoms with Crippen molar-refractivity contribution in [2.24, 2.45) is 5.92 Å². The van der Waals surface area contributed by atoms with Gasteiger partial charge in [-0.2, -0.15) is 0 Å². The number of nitrogens with one attached hydrogen (secondary N) is 1. The van der Waals surface area contributed by atoms with Crippen molar-refractivity contribution in [1.29, 1.82) is 0 Å². The largest absolute Gasteiger partial charge is 0.326 e. The van der Waals surface area contributed by atoms with Gasteiger partial charge >= 0.3 is 0 Å². The maximum absolute atomic E-state index is 4.38. The number of nitrogens with zero attached hydrogens (tertiary/aromatic N) is 2. The molecule has 0 aromatic carbocycles. The smallest absolute Gasteiger partial charge is 0.0901 e. The Hall–Kier alpha value is -1.03. The zero-order valence-corrected chi connectivity index (χ0v) is 12.6. The third-order valence-electron chi connectivity index (χ3n) is 3.33. The minimum atomic E-state index is 0.743. The van der Waals surface area contributed by atoms with Gasteiger partial charge in [0.2, 0.25) is 0 Å². The van der Waals surface area contributed by atoms with Crippen molar-refractivity contribution in [3.8, 4) is 0 Å². The summed E-state index contributed by atoms with van der Waals surface area (Å²) in [4.78, 5) is 4.38. The topological polar surface area (TPSA) is 29.9 Å². The monoisotopic (exact) mass is 309 g/mol. The van der Waals surface area contributed by atoms with E-state index in [1.165, 1.54) is 19.3 Å². The zero-order valence-electron chi connectivity index (χ0n) is 11.0. The van der Waals surface area contributed by atoms with E-state index in [9.17, 15) is 0 Å². The summed E-state index contributed by atoms with van der Waals surface area (Å²) < 4.78 is 3.09. The van der Waals surface area contributed by atoms with E-state index in [1.807, 2.05) is 18.5 Å². The normalized spacial score (nSPS) is 12.8. The van der Waals surface area contributed by atoms with E-state index in [2.05, 4.69) is 50.9 Å². The second-order valence-electron chi connectivity index (χ2n) is 4.67. The van der Waals surface area contributed by atoms with E-state index in [0.29, 0.717) is 0 Å². The molecule has 2 rings (SSSR count). The van der Waals surface area contributed by atoms with Gasteiger partial charge in [0.1, 0.15) is 0 Å². The number of rotatable bonds is 6. The van der Waals surface area contributed by atoms with E-state index in [0.717, 1.165) is 28.0 Å². The molecule has 0 aliphatic rings. The van der Waals surface area contributed by atoms with Gasteiger partial charge < -0.3 is 5.43 Å². The molecule has 3 nitrogen and oxygen atoms in total. The lowest BCUT2D eigenvalue weighted by Crippen LogP contribution is -2.21. The Kier molecular flexibility index (Phi) is 4.64. The minimum absolute atomic E-state index is 0.743. The van der Waals surface area contributed by atoms with Gasteiger partial charge in [0, 0.05) is 23.4 Å². The van der Waals surface area contributed by atoms with Gasteiger partial charge in [-0.3, -0.25) is 9.66 Å². The van der Waals surface area contributed by atoms with Gasteiger partial charge in [-0.1, -0.05) is 26.7 Å². The lowest BCUT2D eigenvalue weighted by molar-refractivity contribution is 0.474. The van der Waals surface area contributed by atoms with Crippen LogP contribution in [0.4, 0.5) is 0 Å². The molecule has 0 spiro atoms. The molecule has 0 fully saturated rings. The highest BCUT2D eigenvalue weighted by Crippen LogP contribution is 2.18. The Labute approximate surface area is 117 Å². The molecule has 98 valence electrons. The summed E-state index contributed by atoms with van der Waals surface area (Å²) in [6, 6.07) is 4.13. The standard InChI is InChI=1S/C14H20BrN3/c1-3-5-11(4-2)9-17-18-7-6-13-14(18)8-12(15)10-16-13/h6-8,10-11,17H,3-5,9H2,1-2H3. The quantitative estimate of drug-likeness (QED) is 0.868. The second-order valence-corrected chi connectivity index (χ2v) is 5.58. The fraction of sp³-hybridized carbons (Fsp3) is 0.500. The van der Waals surface area contributed by atoms with Crippen LogP contribution >= 0.6 is 15.9 Å². The first-order chi connectivity index (χ1) is 8.74. The number of hydrogen-bond acceptors (Lipinski definition) is 2. The van der Waals surface area contributed by atoms with Crippen LogP contribution in [0.3, 0.4) is 0 Å². The molecule has 1 atom stereocenters. The van der Waals surface area contributed by atoms with Crippen LogP contribution in [0.2, 0.25) is 0 Å². The molecule has 0 aliphatic carbocycles. The fourth-order valence-electron chi connectivity index (χ4n) is 2.21. The summed E-state index contributed by atoms with van der Waals surface area (Å²) in [5, 5.41) is 0. The van der Waals surface area contributed by atoms with Gasteiger partial charge in [-0.25, -0.2) is 0 Å². The van der Waals surface area contributed by atoms with E-state index in [1.54, 1.807) is 0 Å². The van der Waals surface area contributed by atoms with Crippen molar-refractivity contribution in [3.05, 3.63) is 29.0 Å². The Bertz CT molecular complexity index is 507. The summed E-state index contributed by atoms with van der Waals surface area (Å²) in [7, 11) is 0. The first-order valence-corrected chi connectivity index (χ1v) is 7.40. The Morgan fingerprint density at radius 3 is 3.00 bits per heavy atom. The molecule has 0 amide bonds. The zero-order chi connectivity index (χ0) is 13.0. The van der Waals surface area contributed by atoms with Crippen molar-refractivity contribution in [3.63, 3.8) is 0 Å². The third kappa shape index (κ3) is 3.05. The van der Waals surface area contributed by atoms with Crippen molar-refractivity contribution >= 4 is 27.0 Å². The van der Waals surface area contributed by atoms with Gasteiger partial charge in [0.25, 0.3) is 0 Å². The van der Waals surface area contributed by atoms with Gasteiger partial charge in [-0.15, -0.1) is 0 Å².